The Morgan fingerprint density at radius 1 is 1.30 bits per heavy atom. The van der Waals surface area contributed by atoms with Crippen LogP contribution in [0.15, 0.2) is 24.3 Å². The number of rotatable bonds is 6. The van der Waals surface area contributed by atoms with Crippen molar-refractivity contribution in [1.82, 2.24) is 5.32 Å². The van der Waals surface area contributed by atoms with Gasteiger partial charge in [-0.05, 0) is 24.5 Å². The molecule has 0 aromatic heterocycles. The predicted octanol–water partition coefficient (Wildman–Crippen LogP) is 1.74. The number of nitrogens with zero attached hydrogens (tertiary/aromatic N) is 1. The SMILES string of the molecule is CC(C)CNC(=O)COC(=O)c1ccccc1N1CCCC1=O. The summed E-state index contributed by atoms with van der Waals surface area (Å²) in [4.78, 5) is 37.3. The van der Waals surface area contributed by atoms with E-state index in [1.54, 1.807) is 29.2 Å². The van der Waals surface area contributed by atoms with E-state index in [0.717, 1.165) is 6.42 Å². The van der Waals surface area contributed by atoms with E-state index in [1.165, 1.54) is 0 Å². The summed E-state index contributed by atoms with van der Waals surface area (Å²) in [5.74, 6) is -0.599. The highest BCUT2D eigenvalue weighted by Crippen LogP contribution is 2.25. The maximum absolute atomic E-state index is 12.2. The molecule has 6 nitrogen and oxygen atoms in total. The molecule has 0 bridgehead atoms. The molecule has 1 aromatic rings. The minimum absolute atomic E-state index is 0.0000681. The fourth-order valence-electron chi connectivity index (χ4n) is 2.36. The molecule has 1 aliphatic heterocycles. The number of para-hydroxylation sites is 1. The maximum Gasteiger partial charge on any atom is 0.340 e. The summed E-state index contributed by atoms with van der Waals surface area (Å²) in [7, 11) is 0. The molecule has 0 radical (unpaired) electrons. The number of nitrogens with one attached hydrogen (secondary N) is 1. The third-order valence-electron chi connectivity index (χ3n) is 3.53. The number of carbonyl (C=O) groups is 3. The lowest BCUT2D eigenvalue weighted by Crippen LogP contribution is -2.32. The first-order valence-corrected chi connectivity index (χ1v) is 7.82. The minimum Gasteiger partial charge on any atom is -0.452 e. The van der Waals surface area contributed by atoms with Gasteiger partial charge >= 0.3 is 5.97 Å². The quantitative estimate of drug-likeness (QED) is 0.811. The molecule has 2 rings (SSSR count). The molecule has 0 spiro atoms. The lowest BCUT2D eigenvalue weighted by molar-refractivity contribution is -0.124. The van der Waals surface area contributed by atoms with Crippen molar-refractivity contribution in [2.45, 2.75) is 26.7 Å². The summed E-state index contributed by atoms with van der Waals surface area (Å²) in [6, 6.07) is 6.81. The van der Waals surface area contributed by atoms with Gasteiger partial charge in [0, 0.05) is 19.5 Å². The molecule has 1 heterocycles. The molecule has 0 unspecified atom stereocenters. The van der Waals surface area contributed by atoms with Crippen LogP contribution in [0.2, 0.25) is 0 Å². The molecule has 1 fully saturated rings. The Morgan fingerprint density at radius 3 is 2.70 bits per heavy atom. The van der Waals surface area contributed by atoms with E-state index < -0.39 is 5.97 Å². The molecular weight excluding hydrogens is 296 g/mol. The van der Waals surface area contributed by atoms with Crippen molar-refractivity contribution in [2.24, 2.45) is 5.92 Å². The third kappa shape index (κ3) is 4.55. The highest BCUT2D eigenvalue weighted by Gasteiger charge is 2.26. The monoisotopic (exact) mass is 318 g/mol. The van der Waals surface area contributed by atoms with E-state index in [2.05, 4.69) is 5.32 Å². The van der Waals surface area contributed by atoms with Gasteiger partial charge in [-0.25, -0.2) is 4.79 Å². The lowest BCUT2D eigenvalue weighted by Gasteiger charge is -2.18. The van der Waals surface area contributed by atoms with Gasteiger partial charge in [0.15, 0.2) is 6.61 Å². The van der Waals surface area contributed by atoms with Crippen molar-refractivity contribution in [3.05, 3.63) is 29.8 Å². The van der Waals surface area contributed by atoms with Gasteiger partial charge in [0.2, 0.25) is 5.91 Å². The average molecular weight is 318 g/mol. The highest BCUT2D eigenvalue weighted by atomic mass is 16.5. The van der Waals surface area contributed by atoms with Gasteiger partial charge in [0.1, 0.15) is 0 Å². The van der Waals surface area contributed by atoms with Crippen LogP contribution in [-0.2, 0) is 14.3 Å². The van der Waals surface area contributed by atoms with Crippen molar-refractivity contribution < 1.29 is 19.1 Å². The zero-order chi connectivity index (χ0) is 16.8. The van der Waals surface area contributed by atoms with Crippen molar-refractivity contribution in [1.29, 1.82) is 0 Å². The van der Waals surface area contributed by atoms with E-state index in [0.29, 0.717) is 36.7 Å². The summed E-state index contributed by atoms with van der Waals surface area (Å²) in [5, 5.41) is 2.69. The molecule has 0 atom stereocenters. The predicted molar refractivity (Wildman–Crippen MR) is 86.2 cm³/mol. The van der Waals surface area contributed by atoms with Crippen LogP contribution in [0.25, 0.3) is 0 Å². The second-order valence-electron chi connectivity index (χ2n) is 5.94. The van der Waals surface area contributed by atoms with E-state index in [-0.39, 0.29) is 18.4 Å². The zero-order valence-corrected chi connectivity index (χ0v) is 13.5. The molecule has 6 heteroatoms. The Kier molecular flexibility index (Phi) is 5.73. The van der Waals surface area contributed by atoms with Crippen LogP contribution >= 0.6 is 0 Å². The van der Waals surface area contributed by atoms with Crippen LogP contribution < -0.4 is 10.2 Å². The average Bonchev–Trinajstić information content (AvgIpc) is 2.96. The largest absolute Gasteiger partial charge is 0.452 e. The van der Waals surface area contributed by atoms with E-state index in [1.807, 2.05) is 13.8 Å². The highest BCUT2D eigenvalue weighted by molar-refractivity contribution is 6.03. The number of hydrogen-bond donors (Lipinski definition) is 1. The van der Waals surface area contributed by atoms with Gasteiger partial charge in [-0.15, -0.1) is 0 Å². The van der Waals surface area contributed by atoms with Gasteiger partial charge in [-0.2, -0.15) is 0 Å². The number of ether oxygens (including phenoxy) is 1. The Morgan fingerprint density at radius 2 is 2.04 bits per heavy atom. The summed E-state index contributed by atoms with van der Waals surface area (Å²) in [5.41, 5.74) is 0.849. The fourth-order valence-corrected chi connectivity index (χ4v) is 2.36. The molecule has 1 aromatic carbocycles. The lowest BCUT2D eigenvalue weighted by atomic mass is 10.1. The molecule has 23 heavy (non-hydrogen) atoms. The topological polar surface area (TPSA) is 75.7 Å². The minimum atomic E-state index is -0.597. The van der Waals surface area contributed by atoms with Crippen molar-refractivity contribution in [3.8, 4) is 0 Å². The van der Waals surface area contributed by atoms with Gasteiger partial charge in [0.05, 0.1) is 11.3 Å². The first kappa shape index (κ1) is 17.0. The Bertz CT molecular complexity index is 598. The fraction of sp³-hybridized carbons (Fsp3) is 0.471. The van der Waals surface area contributed by atoms with E-state index in [4.69, 9.17) is 4.74 Å². The van der Waals surface area contributed by atoms with Crippen LogP contribution in [0.3, 0.4) is 0 Å². The number of amides is 2. The smallest absolute Gasteiger partial charge is 0.340 e. The second-order valence-corrected chi connectivity index (χ2v) is 5.94. The Labute approximate surface area is 135 Å². The molecule has 0 saturated carbocycles. The second kappa shape index (κ2) is 7.76. The van der Waals surface area contributed by atoms with Crippen LogP contribution in [0.5, 0.6) is 0 Å². The summed E-state index contributed by atoms with van der Waals surface area (Å²) in [6.45, 7) is 4.77. The van der Waals surface area contributed by atoms with Gasteiger partial charge < -0.3 is 15.0 Å². The van der Waals surface area contributed by atoms with Gasteiger partial charge in [-0.3, -0.25) is 9.59 Å². The number of anilines is 1. The molecular formula is C17H22N2O4. The molecule has 1 saturated heterocycles. The zero-order valence-electron chi connectivity index (χ0n) is 13.5. The third-order valence-corrected chi connectivity index (χ3v) is 3.53. The van der Waals surface area contributed by atoms with Crippen LogP contribution in [0, 0.1) is 5.92 Å². The van der Waals surface area contributed by atoms with E-state index >= 15 is 0 Å². The first-order chi connectivity index (χ1) is 11.0. The molecule has 1 N–H and O–H groups in total. The van der Waals surface area contributed by atoms with Crippen molar-refractivity contribution >= 4 is 23.5 Å². The number of esters is 1. The normalized spacial score (nSPS) is 14.2. The van der Waals surface area contributed by atoms with Crippen molar-refractivity contribution in [3.63, 3.8) is 0 Å². The van der Waals surface area contributed by atoms with Crippen molar-refractivity contribution in [2.75, 3.05) is 24.6 Å². The van der Waals surface area contributed by atoms with Crippen LogP contribution in [0.1, 0.15) is 37.0 Å². The van der Waals surface area contributed by atoms with Gasteiger partial charge in [0.25, 0.3) is 5.91 Å². The maximum atomic E-state index is 12.2. The molecule has 0 aliphatic carbocycles. The Hall–Kier alpha value is -2.37. The van der Waals surface area contributed by atoms with E-state index in [9.17, 15) is 14.4 Å². The number of carbonyl (C=O) groups excluding carboxylic acids is 3. The molecule has 2 amide bonds. The summed E-state index contributed by atoms with van der Waals surface area (Å²) >= 11 is 0. The van der Waals surface area contributed by atoms with Gasteiger partial charge in [-0.1, -0.05) is 26.0 Å². The molecule has 1 aliphatic rings. The van der Waals surface area contributed by atoms with Crippen LogP contribution in [-0.4, -0.2) is 37.5 Å². The number of benzene rings is 1. The first-order valence-electron chi connectivity index (χ1n) is 7.82. The summed E-state index contributed by atoms with van der Waals surface area (Å²) in [6.07, 6.45) is 1.26. The Balaban J connectivity index is 2.00. The summed E-state index contributed by atoms with van der Waals surface area (Å²) < 4.78 is 5.07. The number of hydrogen-bond acceptors (Lipinski definition) is 4. The standard InChI is InChI=1S/C17H22N2O4/c1-12(2)10-18-15(20)11-23-17(22)13-6-3-4-7-14(13)19-9-5-8-16(19)21/h3-4,6-7,12H,5,8-11H2,1-2H3,(H,18,20). The van der Waals surface area contributed by atoms with Crippen LogP contribution in [0.4, 0.5) is 5.69 Å². The molecule has 124 valence electrons.